The average Bonchev–Trinajstić information content (AvgIpc) is 2.92. The van der Waals surface area contributed by atoms with Crippen molar-refractivity contribution in [2.45, 2.75) is 26.8 Å². The number of nitrogens with one attached hydrogen (secondary N) is 2. The number of nitrogens with zero attached hydrogens (tertiary/aromatic N) is 1. The summed E-state index contributed by atoms with van der Waals surface area (Å²) in [7, 11) is 1.85. The van der Waals surface area contributed by atoms with E-state index in [0.717, 1.165) is 23.4 Å². The SMILES string of the molecule is CCc1cnc(CNC(=O)c2ccc(NC)cc2C)o1. The maximum absolute atomic E-state index is 12.1. The summed E-state index contributed by atoms with van der Waals surface area (Å²) in [6, 6.07) is 5.63. The number of aryl methyl sites for hydroxylation is 2. The number of amides is 1. The first-order valence-electron chi connectivity index (χ1n) is 6.64. The molecule has 0 saturated carbocycles. The van der Waals surface area contributed by atoms with Crippen LogP contribution in [0.2, 0.25) is 0 Å². The normalized spacial score (nSPS) is 10.3. The summed E-state index contributed by atoms with van der Waals surface area (Å²) < 4.78 is 5.45. The van der Waals surface area contributed by atoms with Crippen LogP contribution in [0.5, 0.6) is 0 Å². The maximum atomic E-state index is 12.1. The zero-order chi connectivity index (χ0) is 14.5. The van der Waals surface area contributed by atoms with Gasteiger partial charge in [-0.3, -0.25) is 4.79 Å². The Labute approximate surface area is 118 Å². The van der Waals surface area contributed by atoms with Gasteiger partial charge >= 0.3 is 0 Å². The Hall–Kier alpha value is -2.30. The molecule has 5 nitrogen and oxygen atoms in total. The van der Waals surface area contributed by atoms with Crippen molar-refractivity contribution in [2.75, 3.05) is 12.4 Å². The van der Waals surface area contributed by atoms with Gasteiger partial charge in [0.05, 0.1) is 12.7 Å². The lowest BCUT2D eigenvalue weighted by Gasteiger charge is -2.08. The molecule has 0 saturated heterocycles. The molecule has 2 aromatic rings. The lowest BCUT2D eigenvalue weighted by atomic mass is 10.1. The number of carbonyl (C=O) groups excluding carboxylic acids is 1. The van der Waals surface area contributed by atoms with Crippen LogP contribution in [0.25, 0.3) is 0 Å². The van der Waals surface area contributed by atoms with Crippen molar-refractivity contribution in [3.8, 4) is 0 Å². The van der Waals surface area contributed by atoms with E-state index in [0.29, 0.717) is 18.0 Å². The number of benzene rings is 1. The predicted molar refractivity (Wildman–Crippen MR) is 77.8 cm³/mol. The van der Waals surface area contributed by atoms with Crippen molar-refractivity contribution in [1.29, 1.82) is 0 Å². The van der Waals surface area contributed by atoms with Crippen molar-refractivity contribution in [3.63, 3.8) is 0 Å². The summed E-state index contributed by atoms with van der Waals surface area (Å²) in [4.78, 5) is 16.2. The minimum Gasteiger partial charge on any atom is -0.444 e. The summed E-state index contributed by atoms with van der Waals surface area (Å²) in [5.74, 6) is 1.23. The molecule has 5 heteroatoms. The molecule has 0 aliphatic rings. The van der Waals surface area contributed by atoms with Crippen LogP contribution < -0.4 is 10.6 Å². The second-order valence-electron chi connectivity index (χ2n) is 4.54. The molecule has 20 heavy (non-hydrogen) atoms. The number of hydrogen-bond donors (Lipinski definition) is 2. The van der Waals surface area contributed by atoms with E-state index in [1.165, 1.54) is 0 Å². The summed E-state index contributed by atoms with van der Waals surface area (Å²) in [6.07, 6.45) is 2.49. The third-order valence-electron chi connectivity index (χ3n) is 3.11. The van der Waals surface area contributed by atoms with E-state index >= 15 is 0 Å². The van der Waals surface area contributed by atoms with E-state index in [1.54, 1.807) is 6.20 Å². The van der Waals surface area contributed by atoms with E-state index in [1.807, 2.05) is 39.1 Å². The molecule has 1 aromatic heterocycles. The van der Waals surface area contributed by atoms with Crippen molar-refractivity contribution in [1.82, 2.24) is 10.3 Å². The first-order chi connectivity index (χ1) is 9.63. The summed E-state index contributed by atoms with van der Waals surface area (Å²) in [5.41, 5.74) is 2.57. The van der Waals surface area contributed by atoms with Gasteiger partial charge in [-0.1, -0.05) is 6.92 Å². The quantitative estimate of drug-likeness (QED) is 0.878. The van der Waals surface area contributed by atoms with Crippen molar-refractivity contribution < 1.29 is 9.21 Å². The van der Waals surface area contributed by atoms with E-state index in [9.17, 15) is 4.79 Å². The number of anilines is 1. The van der Waals surface area contributed by atoms with E-state index in [2.05, 4.69) is 15.6 Å². The number of rotatable bonds is 5. The van der Waals surface area contributed by atoms with Crippen LogP contribution in [0.4, 0.5) is 5.69 Å². The van der Waals surface area contributed by atoms with E-state index in [-0.39, 0.29) is 5.91 Å². The molecular formula is C15H19N3O2. The Balaban J connectivity index is 2.01. The van der Waals surface area contributed by atoms with Crippen LogP contribution >= 0.6 is 0 Å². The Bertz CT molecular complexity index is 605. The van der Waals surface area contributed by atoms with Crippen LogP contribution in [0.1, 0.15) is 34.5 Å². The molecule has 0 bridgehead atoms. The van der Waals surface area contributed by atoms with Crippen molar-refractivity contribution >= 4 is 11.6 Å². The van der Waals surface area contributed by atoms with Crippen LogP contribution in [-0.4, -0.2) is 17.9 Å². The highest BCUT2D eigenvalue weighted by Gasteiger charge is 2.10. The third kappa shape index (κ3) is 3.17. The van der Waals surface area contributed by atoms with Crippen molar-refractivity contribution in [3.05, 3.63) is 47.2 Å². The number of carbonyl (C=O) groups is 1. The van der Waals surface area contributed by atoms with E-state index < -0.39 is 0 Å². The molecule has 106 valence electrons. The van der Waals surface area contributed by atoms with Gasteiger partial charge in [-0.25, -0.2) is 4.98 Å². The topological polar surface area (TPSA) is 67.2 Å². The standard InChI is InChI=1S/C15H19N3O2/c1-4-12-8-17-14(20-12)9-18-15(19)13-6-5-11(16-3)7-10(13)2/h5-8,16H,4,9H2,1-3H3,(H,18,19). The number of aromatic nitrogens is 1. The first kappa shape index (κ1) is 14.1. The molecule has 0 aliphatic heterocycles. The van der Waals surface area contributed by atoms with Gasteiger partial charge < -0.3 is 15.1 Å². The van der Waals surface area contributed by atoms with Crippen LogP contribution in [-0.2, 0) is 13.0 Å². The molecule has 0 spiro atoms. The minimum absolute atomic E-state index is 0.124. The Morgan fingerprint density at radius 2 is 2.20 bits per heavy atom. The minimum atomic E-state index is -0.124. The van der Waals surface area contributed by atoms with Gasteiger partial charge in [0.25, 0.3) is 5.91 Å². The predicted octanol–water partition coefficient (Wildman–Crippen LogP) is 2.52. The van der Waals surface area contributed by atoms with Crippen LogP contribution in [0, 0.1) is 6.92 Å². The van der Waals surface area contributed by atoms with E-state index in [4.69, 9.17) is 4.42 Å². The van der Waals surface area contributed by atoms with Gasteiger partial charge in [-0.2, -0.15) is 0 Å². The highest BCUT2D eigenvalue weighted by atomic mass is 16.4. The lowest BCUT2D eigenvalue weighted by molar-refractivity contribution is 0.0946. The van der Waals surface area contributed by atoms with Crippen LogP contribution in [0.15, 0.2) is 28.8 Å². The monoisotopic (exact) mass is 273 g/mol. The average molecular weight is 273 g/mol. The van der Waals surface area contributed by atoms with Gasteiger partial charge in [-0.15, -0.1) is 0 Å². The zero-order valence-electron chi connectivity index (χ0n) is 12.0. The lowest BCUT2D eigenvalue weighted by Crippen LogP contribution is -2.23. The molecule has 1 heterocycles. The first-order valence-corrected chi connectivity index (χ1v) is 6.64. The fraction of sp³-hybridized carbons (Fsp3) is 0.333. The fourth-order valence-corrected chi connectivity index (χ4v) is 1.92. The molecule has 1 aromatic carbocycles. The molecule has 0 unspecified atom stereocenters. The number of hydrogen-bond acceptors (Lipinski definition) is 4. The molecule has 0 radical (unpaired) electrons. The second kappa shape index (κ2) is 6.23. The van der Waals surface area contributed by atoms with Gasteiger partial charge in [0.1, 0.15) is 5.76 Å². The highest BCUT2D eigenvalue weighted by molar-refractivity contribution is 5.95. The molecule has 0 atom stereocenters. The van der Waals surface area contributed by atoms with Gasteiger partial charge in [0.15, 0.2) is 0 Å². The molecule has 0 fully saturated rings. The maximum Gasteiger partial charge on any atom is 0.251 e. The Morgan fingerprint density at radius 1 is 1.40 bits per heavy atom. The highest BCUT2D eigenvalue weighted by Crippen LogP contribution is 2.14. The summed E-state index contributed by atoms with van der Waals surface area (Å²) >= 11 is 0. The summed E-state index contributed by atoms with van der Waals surface area (Å²) in [6.45, 7) is 4.21. The zero-order valence-corrected chi connectivity index (χ0v) is 12.0. The second-order valence-corrected chi connectivity index (χ2v) is 4.54. The summed E-state index contributed by atoms with van der Waals surface area (Å²) in [5, 5.41) is 5.86. The molecular weight excluding hydrogens is 254 g/mol. The largest absolute Gasteiger partial charge is 0.444 e. The Morgan fingerprint density at radius 3 is 2.80 bits per heavy atom. The molecule has 2 N–H and O–H groups in total. The van der Waals surface area contributed by atoms with Gasteiger partial charge in [-0.05, 0) is 30.7 Å². The van der Waals surface area contributed by atoms with Crippen LogP contribution in [0.3, 0.4) is 0 Å². The van der Waals surface area contributed by atoms with Crippen molar-refractivity contribution in [2.24, 2.45) is 0 Å². The molecule has 1 amide bonds. The molecule has 2 rings (SSSR count). The number of oxazole rings is 1. The molecule has 0 aliphatic carbocycles. The fourth-order valence-electron chi connectivity index (χ4n) is 1.92. The van der Waals surface area contributed by atoms with Gasteiger partial charge in [0.2, 0.25) is 5.89 Å². The third-order valence-corrected chi connectivity index (χ3v) is 3.11. The smallest absolute Gasteiger partial charge is 0.251 e. The Kier molecular flexibility index (Phi) is 4.40. The van der Waals surface area contributed by atoms with Gasteiger partial charge in [0, 0.05) is 24.7 Å².